The smallest absolute Gasteiger partial charge is 0.305 e. The standard InChI is InChI=1S/C14H16N4O2/c15-10-12-13(18(19)20)6-7-14(17-12)16-9-8-11-4-2-1-3-5-11/h4,6-7H,1-3,5,8-9H2,(H,16,17). The van der Waals surface area contributed by atoms with Crippen LogP contribution in [0.1, 0.15) is 37.8 Å². The molecule has 0 aliphatic heterocycles. The summed E-state index contributed by atoms with van der Waals surface area (Å²) in [5, 5.41) is 22.7. The minimum absolute atomic E-state index is 0.156. The molecule has 0 spiro atoms. The van der Waals surface area contributed by atoms with Gasteiger partial charge in [-0.05, 0) is 38.2 Å². The number of nitrogens with one attached hydrogen (secondary N) is 1. The molecule has 0 amide bonds. The van der Waals surface area contributed by atoms with E-state index < -0.39 is 4.92 Å². The van der Waals surface area contributed by atoms with Gasteiger partial charge < -0.3 is 5.32 Å². The minimum atomic E-state index is -0.595. The van der Waals surface area contributed by atoms with Crippen molar-refractivity contribution in [2.45, 2.75) is 32.1 Å². The topological polar surface area (TPSA) is 91.8 Å². The third-order valence-corrected chi connectivity index (χ3v) is 3.31. The lowest BCUT2D eigenvalue weighted by Gasteiger charge is -2.13. The zero-order valence-corrected chi connectivity index (χ0v) is 11.1. The Bertz CT molecular complexity index is 575. The predicted molar refractivity (Wildman–Crippen MR) is 75.3 cm³/mol. The Morgan fingerprint density at radius 2 is 2.30 bits per heavy atom. The fourth-order valence-corrected chi connectivity index (χ4v) is 2.26. The van der Waals surface area contributed by atoms with Crippen LogP contribution < -0.4 is 5.32 Å². The SMILES string of the molecule is N#Cc1nc(NCCC2=CCCCC2)ccc1[N+](=O)[O-]. The Morgan fingerprint density at radius 1 is 1.45 bits per heavy atom. The molecule has 1 heterocycles. The first kappa shape index (κ1) is 14.0. The van der Waals surface area contributed by atoms with E-state index in [0.29, 0.717) is 5.82 Å². The first-order valence-electron chi connectivity index (χ1n) is 6.68. The van der Waals surface area contributed by atoms with Gasteiger partial charge in [0.15, 0.2) is 0 Å². The molecule has 0 atom stereocenters. The van der Waals surface area contributed by atoms with Crippen molar-refractivity contribution in [3.63, 3.8) is 0 Å². The Hall–Kier alpha value is -2.42. The Kier molecular flexibility index (Phi) is 4.66. The summed E-state index contributed by atoms with van der Waals surface area (Å²) < 4.78 is 0. The van der Waals surface area contributed by atoms with Crippen LogP contribution in [0.15, 0.2) is 23.8 Å². The second-order valence-electron chi connectivity index (χ2n) is 4.72. The van der Waals surface area contributed by atoms with Gasteiger partial charge in [-0.25, -0.2) is 4.98 Å². The molecule has 20 heavy (non-hydrogen) atoms. The number of nitrogens with zero attached hydrogens (tertiary/aromatic N) is 3. The van der Waals surface area contributed by atoms with Gasteiger partial charge in [-0.3, -0.25) is 10.1 Å². The van der Waals surface area contributed by atoms with Crippen molar-refractivity contribution in [3.05, 3.63) is 39.6 Å². The average Bonchev–Trinajstić information content (AvgIpc) is 2.48. The van der Waals surface area contributed by atoms with E-state index in [-0.39, 0.29) is 11.4 Å². The monoisotopic (exact) mass is 272 g/mol. The molecule has 1 aromatic heterocycles. The summed E-state index contributed by atoms with van der Waals surface area (Å²) in [5.74, 6) is 0.503. The molecule has 0 saturated heterocycles. The summed E-state index contributed by atoms with van der Waals surface area (Å²) in [5.41, 5.74) is 1.04. The van der Waals surface area contributed by atoms with Gasteiger partial charge in [0, 0.05) is 12.6 Å². The molecule has 0 fully saturated rings. The van der Waals surface area contributed by atoms with E-state index in [1.54, 1.807) is 6.07 Å². The first-order valence-corrected chi connectivity index (χ1v) is 6.68. The van der Waals surface area contributed by atoms with E-state index in [1.165, 1.54) is 30.5 Å². The van der Waals surface area contributed by atoms with Gasteiger partial charge in [-0.1, -0.05) is 11.6 Å². The zero-order valence-electron chi connectivity index (χ0n) is 11.1. The molecule has 1 aliphatic carbocycles. The lowest BCUT2D eigenvalue weighted by Crippen LogP contribution is -2.07. The van der Waals surface area contributed by atoms with E-state index >= 15 is 0 Å². The van der Waals surface area contributed by atoms with Crippen LogP contribution in [-0.2, 0) is 0 Å². The maximum absolute atomic E-state index is 10.7. The molecule has 0 radical (unpaired) electrons. The number of hydrogen-bond donors (Lipinski definition) is 1. The van der Waals surface area contributed by atoms with Crippen molar-refractivity contribution in [1.82, 2.24) is 4.98 Å². The second kappa shape index (κ2) is 6.66. The van der Waals surface area contributed by atoms with Gasteiger partial charge in [-0.2, -0.15) is 5.26 Å². The molecule has 0 aromatic carbocycles. The number of rotatable bonds is 5. The van der Waals surface area contributed by atoms with Crippen LogP contribution in [0.4, 0.5) is 11.5 Å². The van der Waals surface area contributed by atoms with Crippen molar-refractivity contribution in [2.75, 3.05) is 11.9 Å². The van der Waals surface area contributed by atoms with Gasteiger partial charge in [0.2, 0.25) is 5.69 Å². The molecule has 0 saturated carbocycles. The number of nitro groups is 1. The molecule has 0 bridgehead atoms. The largest absolute Gasteiger partial charge is 0.370 e. The first-order chi connectivity index (χ1) is 9.70. The summed E-state index contributed by atoms with van der Waals surface area (Å²) in [4.78, 5) is 14.1. The number of aromatic nitrogens is 1. The van der Waals surface area contributed by atoms with Crippen LogP contribution in [0.3, 0.4) is 0 Å². The summed E-state index contributed by atoms with van der Waals surface area (Å²) >= 11 is 0. The molecule has 2 rings (SSSR count). The maximum Gasteiger partial charge on any atom is 0.305 e. The molecule has 0 unspecified atom stereocenters. The van der Waals surface area contributed by atoms with Crippen LogP contribution in [0, 0.1) is 21.4 Å². The predicted octanol–water partition coefficient (Wildman–Crippen LogP) is 3.16. The third kappa shape index (κ3) is 3.54. The Balaban J connectivity index is 1.95. The number of nitriles is 1. The number of anilines is 1. The van der Waals surface area contributed by atoms with E-state index in [2.05, 4.69) is 16.4 Å². The summed E-state index contributed by atoms with van der Waals surface area (Å²) in [6, 6.07) is 4.60. The van der Waals surface area contributed by atoms with Crippen LogP contribution in [0.2, 0.25) is 0 Å². The second-order valence-corrected chi connectivity index (χ2v) is 4.72. The highest BCUT2D eigenvalue weighted by molar-refractivity contribution is 5.50. The van der Waals surface area contributed by atoms with Crippen LogP contribution in [0.5, 0.6) is 0 Å². The van der Waals surface area contributed by atoms with E-state index in [1.807, 2.05) is 0 Å². The Labute approximate surface area is 117 Å². The van der Waals surface area contributed by atoms with Crippen LogP contribution in [-0.4, -0.2) is 16.5 Å². The van der Waals surface area contributed by atoms with Crippen molar-refractivity contribution in [1.29, 1.82) is 5.26 Å². The number of allylic oxidation sites excluding steroid dienone is 1. The lowest BCUT2D eigenvalue weighted by molar-refractivity contribution is -0.385. The molecule has 1 aromatic rings. The van der Waals surface area contributed by atoms with Gasteiger partial charge in [0.25, 0.3) is 0 Å². The third-order valence-electron chi connectivity index (χ3n) is 3.31. The van der Waals surface area contributed by atoms with Gasteiger partial charge in [0.1, 0.15) is 11.9 Å². The quantitative estimate of drug-likeness (QED) is 0.505. The highest BCUT2D eigenvalue weighted by atomic mass is 16.6. The highest BCUT2D eigenvalue weighted by Gasteiger charge is 2.15. The molecule has 1 aliphatic rings. The van der Waals surface area contributed by atoms with Gasteiger partial charge >= 0.3 is 5.69 Å². The van der Waals surface area contributed by atoms with E-state index in [9.17, 15) is 10.1 Å². The van der Waals surface area contributed by atoms with E-state index in [4.69, 9.17) is 5.26 Å². The summed E-state index contributed by atoms with van der Waals surface area (Å²) in [6.45, 7) is 0.724. The molecular formula is C14H16N4O2. The normalized spacial score (nSPS) is 14.2. The molecular weight excluding hydrogens is 256 g/mol. The lowest BCUT2D eigenvalue weighted by atomic mass is 9.97. The molecule has 1 N–H and O–H groups in total. The van der Waals surface area contributed by atoms with Crippen LogP contribution in [0.25, 0.3) is 0 Å². The van der Waals surface area contributed by atoms with Crippen molar-refractivity contribution in [2.24, 2.45) is 0 Å². The summed E-state index contributed by atoms with van der Waals surface area (Å²) in [7, 11) is 0. The Morgan fingerprint density at radius 3 is 2.95 bits per heavy atom. The van der Waals surface area contributed by atoms with Gasteiger partial charge in [-0.15, -0.1) is 0 Å². The summed E-state index contributed by atoms with van der Waals surface area (Å²) in [6.07, 6.45) is 8.06. The number of hydrogen-bond acceptors (Lipinski definition) is 5. The maximum atomic E-state index is 10.7. The minimum Gasteiger partial charge on any atom is -0.370 e. The molecule has 104 valence electrons. The van der Waals surface area contributed by atoms with Crippen LogP contribution >= 0.6 is 0 Å². The van der Waals surface area contributed by atoms with Crippen molar-refractivity contribution in [3.8, 4) is 6.07 Å². The number of pyridine rings is 1. The van der Waals surface area contributed by atoms with E-state index in [0.717, 1.165) is 25.8 Å². The fourth-order valence-electron chi connectivity index (χ4n) is 2.26. The average molecular weight is 272 g/mol. The molecule has 6 nitrogen and oxygen atoms in total. The zero-order chi connectivity index (χ0) is 14.4. The van der Waals surface area contributed by atoms with Gasteiger partial charge in [0.05, 0.1) is 4.92 Å². The highest BCUT2D eigenvalue weighted by Crippen LogP contribution is 2.21. The van der Waals surface area contributed by atoms with Crippen molar-refractivity contribution < 1.29 is 4.92 Å². The fraction of sp³-hybridized carbons (Fsp3) is 0.429. The van der Waals surface area contributed by atoms with Crippen molar-refractivity contribution >= 4 is 11.5 Å². The molecule has 6 heteroatoms.